The number of benzene rings is 1. The molecule has 0 fully saturated rings. The molecule has 4 N–H and O–H groups in total. The van der Waals surface area contributed by atoms with Gasteiger partial charge in [0.25, 0.3) is 0 Å². The first-order chi connectivity index (χ1) is 17.4. The second-order valence-corrected chi connectivity index (χ2v) is 9.58. The highest BCUT2D eigenvalue weighted by Crippen LogP contribution is 2.37. The minimum Gasteiger partial charge on any atom is -0.481 e. The van der Waals surface area contributed by atoms with Crippen molar-refractivity contribution in [2.45, 2.75) is 38.0 Å². The standard InChI is InChI=1S/C18H23BrN2O3.C6H8O7/c1-20(2)6-4-7-21(12-15-5-3-8-22-15)11-14-9-17-18(10-16(14)19)24-13-23-17;7-3(8)1-6(13,5(11)12)2-4(9)10/h3,5,8-10H,4,6-7,11-13H2,1-2H3;13H,1-2H2,(H,7,8)(H,9,10)(H,11,12). The molecular weight excluding hydrogens is 556 g/mol. The Morgan fingerprint density at radius 3 is 2.14 bits per heavy atom. The zero-order valence-corrected chi connectivity index (χ0v) is 22.1. The molecule has 1 aliphatic heterocycles. The van der Waals surface area contributed by atoms with Crippen LogP contribution in [0.1, 0.15) is 30.6 Å². The third-order valence-electron chi connectivity index (χ3n) is 5.26. The molecule has 2 aromatic rings. The summed E-state index contributed by atoms with van der Waals surface area (Å²) in [6.07, 6.45) is 0.545. The molecule has 13 heteroatoms. The van der Waals surface area contributed by atoms with Crippen LogP contribution in [0.2, 0.25) is 0 Å². The van der Waals surface area contributed by atoms with Crippen LogP contribution in [0.5, 0.6) is 11.5 Å². The van der Waals surface area contributed by atoms with Crippen molar-refractivity contribution in [3.8, 4) is 11.5 Å². The zero-order valence-electron chi connectivity index (χ0n) is 20.6. The molecule has 1 aromatic carbocycles. The Morgan fingerprint density at radius 2 is 1.62 bits per heavy atom. The number of fused-ring (bicyclic) bond motifs is 1. The molecule has 1 aromatic heterocycles. The lowest BCUT2D eigenvalue weighted by Crippen LogP contribution is -2.42. The maximum absolute atomic E-state index is 10.3. The van der Waals surface area contributed by atoms with Crippen molar-refractivity contribution >= 4 is 33.8 Å². The van der Waals surface area contributed by atoms with Gasteiger partial charge in [-0.25, -0.2) is 4.79 Å². The summed E-state index contributed by atoms with van der Waals surface area (Å²) in [7, 11) is 4.20. The number of nitrogens with zero attached hydrogens (tertiary/aromatic N) is 2. The quantitative estimate of drug-likeness (QED) is 0.270. The van der Waals surface area contributed by atoms with E-state index in [0.717, 1.165) is 54.3 Å². The van der Waals surface area contributed by atoms with Gasteiger partial charge < -0.3 is 39.2 Å². The summed E-state index contributed by atoms with van der Waals surface area (Å²) in [4.78, 5) is 35.1. The van der Waals surface area contributed by atoms with Crippen LogP contribution in [-0.4, -0.2) is 87.7 Å². The number of hydrogen-bond acceptors (Lipinski definition) is 9. The third kappa shape index (κ3) is 10.0. The molecule has 37 heavy (non-hydrogen) atoms. The van der Waals surface area contributed by atoms with Crippen molar-refractivity contribution in [3.05, 3.63) is 46.3 Å². The van der Waals surface area contributed by atoms with E-state index in [9.17, 15) is 14.4 Å². The molecule has 1 aliphatic rings. The normalized spacial score (nSPS) is 12.4. The largest absolute Gasteiger partial charge is 0.481 e. The molecule has 0 unspecified atom stereocenters. The molecule has 0 spiro atoms. The van der Waals surface area contributed by atoms with Crippen LogP contribution in [0.15, 0.2) is 39.4 Å². The second kappa shape index (κ2) is 14.0. The Bertz CT molecular complexity index is 1040. The zero-order chi connectivity index (χ0) is 27.6. The van der Waals surface area contributed by atoms with Crippen LogP contribution in [0.25, 0.3) is 0 Å². The van der Waals surface area contributed by atoms with Crippen LogP contribution in [0.4, 0.5) is 0 Å². The Kier molecular flexibility index (Phi) is 11.4. The average molecular weight is 587 g/mol. The third-order valence-corrected chi connectivity index (χ3v) is 6.00. The fraction of sp³-hybridized carbons (Fsp3) is 0.458. The fourth-order valence-electron chi connectivity index (χ4n) is 3.48. The minimum absolute atomic E-state index is 0.296. The Morgan fingerprint density at radius 1 is 1.00 bits per heavy atom. The van der Waals surface area contributed by atoms with Crippen molar-refractivity contribution in [2.75, 3.05) is 34.0 Å². The van der Waals surface area contributed by atoms with Gasteiger partial charge in [0, 0.05) is 17.6 Å². The molecular formula is C24H31BrN2O10. The second-order valence-electron chi connectivity index (χ2n) is 8.72. The van der Waals surface area contributed by atoms with Gasteiger partial charge in [0.2, 0.25) is 6.79 Å². The molecule has 0 saturated heterocycles. The maximum atomic E-state index is 10.3. The highest BCUT2D eigenvalue weighted by atomic mass is 79.9. The SMILES string of the molecule is CN(C)CCCN(Cc1ccco1)Cc1cc2c(cc1Br)OCO2.O=C(O)CC(O)(CC(=O)O)C(=O)O. The van der Waals surface area contributed by atoms with Gasteiger partial charge in [-0.1, -0.05) is 15.9 Å². The van der Waals surface area contributed by atoms with Gasteiger partial charge in [0.1, 0.15) is 5.76 Å². The maximum Gasteiger partial charge on any atom is 0.336 e. The molecule has 0 radical (unpaired) electrons. The van der Waals surface area contributed by atoms with Crippen molar-refractivity contribution in [2.24, 2.45) is 0 Å². The summed E-state index contributed by atoms with van der Waals surface area (Å²) in [6.45, 7) is 3.98. The summed E-state index contributed by atoms with van der Waals surface area (Å²) < 4.78 is 17.5. The van der Waals surface area contributed by atoms with E-state index in [0.29, 0.717) is 6.79 Å². The van der Waals surface area contributed by atoms with Crippen LogP contribution in [0.3, 0.4) is 0 Å². The highest BCUT2D eigenvalue weighted by molar-refractivity contribution is 9.10. The van der Waals surface area contributed by atoms with Crippen LogP contribution < -0.4 is 9.47 Å². The van der Waals surface area contributed by atoms with Gasteiger partial charge in [0.05, 0.1) is 25.6 Å². The number of furan rings is 1. The molecule has 0 atom stereocenters. The van der Waals surface area contributed by atoms with E-state index in [-0.39, 0.29) is 0 Å². The Labute approximate surface area is 222 Å². The molecule has 3 rings (SSSR count). The van der Waals surface area contributed by atoms with E-state index in [1.54, 1.807) is 6.26 Å². The summed E-state index contributed by atoms with van der Waals surface area (Å²) >= 11 is 3.65. The van der Waals surface area contributed by atoms with Crippen LogP contribution in [-0.2, 0) is 27.5 Å². The molecule has 2 heterocycles. The van der Waals surface area contributed by atoms with E-state index in [1.165, 1.54) is 5.56 Å². The van der Waals surface area contributed by atoms with Crippen molar-refractivity contribution < 1.29 is 48.7 Å². The monoisotopic (exact) mass is 586 g/mol. The van der Waals surface area contributed by atoms with E-state index >= 15 is 0 Å². The molecule has 0 amide bonds. The van der Waals surface area contributed by atoms with Gasteiger partial charge in [-0.2, -0.15) is 0 Å². The van der Waals surface area contributed by atoms with Gasteiger partial charge >= 0.3 is 17.9 Å². The number of rotatable bonds is 13. The lowest BCUT2D eigenvalue weighted by molar-refractivity contribution is -0.170. The number of carbonyl (C=O) groups is 3. The van der Waals surface area contributed by atoms with E-state index in [1.807, 2.05) is 18.2 Å². The number of ether oxygens (including phenoxy) is 2. The van der Waals surface area contributed by atoms with Crippen LogP contribution in [0, 0.1) is 0 Å². The van der Waals surface area contributed by atoms with E-state index < -0.39 is 36.4 Å². The number of aliphatic carboxylic acids is 3. The summed E-state index contributed by atoms with van der Waals surface area (Å²) in [5.41, 5.74) is -1.55. The van der Waals surface area contributed by atoms with Crippen molar-refractivity contribution in [1.29, 1.82) is 0 Å². The van der Waals surface area contributed by atoms with E-state index in [4.69, 9.17) is 34.3 Å². The first-order valence-electron chi connectivity index (χ1n) is 11.3. The molecule has 12 nitrogen and oxygen atoms in total. The average Bonchev–Trinajstić information content (AvgIpc) is 3.44. The molecule has 0 aliphatic carbocycles. The van der Waals surface area contributed by atoms with Gasteiger partial charge in [-0.3, -0.25) is 14.5 Å². The first kappa shape index (κ1) is 30.1. The topological polar surface area (TPSA) is 170 Å². The fourth-order valence-corrected chi connectivity index (χ4v) is 3.93. The number of halogens is 1. The predicted molar refractivity (Wildman–Crippen MR) is 133 cm³/mol. The van der Waals surface area contributed by atoms with Gasteiger partial charge in [-0.15, -0.1) is 0 Å². The van der Waals surface area contributed by atoms with Crippen molar-refractivity contribution in [3.63, 3.8) is 0 Å². The number of carboxylic acid groups (broad SMARTS) is 3. The molecule has 0 bridgehead atoms. The van der Waals surface area contributed by atoms with Gasteiger partial charge in [0.15, 0.2) is 17.1 Å². The Hall–Kier alpha value is -3.13. The molecule has 0 saturated carbocycles. The number of hydrogen-bond donors (Lipinski definition) is 4. The summed E-state index contributed by atoms with van der Waals surface area (Å²) in [6, 6.07) is 8.01. The first-order valence-corrected chi connectivity index (χ1v) is 12.1. The lowest BCUT2D eigenvalue weighted by atomic mass is 9.96. The minimum atomic E-state index is -2.74. The van der Waals surface area contributed by atoms with Crippen LogP contribution >= 0.6 is 15.9 Å². The molecule has 204 valence electrons. The lowest BCUT2D eigenvalue weighted by Gasteiger charge is -2.23. The number of carboxylic acids is 3. The summed E-state index contributed by atoms with van der Waals surface area (Å²) in [5, 5.41) is 33.8. The number of aliphatic hydroxyl groups is 1. The highest BCUT2D eigenvalue weighted by Gasteiger charge is 2.40. The predicted octanol–water partition coefficient (Wildman–Crippen LogP) is 2.48. The smallest absolute Gasteiger partial charge is 0.336 e. The summed E-state index contributed by atoms with van der Waals surface area (Å²) in [5.74, 6) is -2.42. The Balaban J connectivity index is 0.000000317. The van der Waals surface area contributed by atoms with E-state index in [2.05, 4.69) is 45.9 Å². The van der Waals surface area contributed by atoms with Gasteiger partial charge in [-0.05, 0) is 56.9 Å². The van der Waals surface area contributed by atoms with Crippen molar-refractivity contribution in [1.82, 2.24) is 9.80 Å².